The molecule has 1 fully saturated rings. The van der Waals surface area contributed by atoms with Gasteiger partial charge >= 0.3 is 6.09 Å². The number of amides is 1. The zero-order valence-corrected chi connectivity index (χ0v) is 15.4. The fourth-order valence-electron chi connectivity index (χ4n) is 2.61. The first-order valence-corrected chi connectivity index (χ1v) is 9.65. The van der Waals surface area contributed by atoms with Crippen LogP contribution in [0.4, 0.5) is 4.79 Å². The monoisotopic (exact) mass is 355 g/mol. The molecule has 2 rings (SSSR count). The molecule has 6 nitrogen and oxygen atoms in total. The molecule has 1 atom stereocenters. The van der Waals surface area contributed by atoms with Crippen LogP contribution in [0.3, 0.4) is 0 Å². The molecular weight excluding hydrogens is 330 g/mol. The number of benzene rings is 1. The van der Waals surface area contributed by atoms with Crippen molar-refractivity contribution in [1.82, 2.24) is 5.32 Å². The van der Waals surface area contributed by atoms with E-state index in [1.54, 1.807) is 52.0 Å². The maximum absolute atomic E-state index is 12.2. The number of sulfone groups is 1. The van der Waals surface area contributed by atoms with Crippen molar-refractivity contribution >= 4 is 15.9 Å². The van der Waals surface area contributed by atoms with Crippen LogP contribution in [0.1, 0.15) is 39.7 Å². The van der Waals surface area contributed by atoms with E-state index in [1.165, 1.54) is 0 Å². The Bertz CT molecular complexity index is 683. The van der Waals surface area contributed by atoms with Crippen LogP contribution in [0.5, 0.6) is 0 Å². The standard InChI is InChI=1S/C17H25NO5S/c1-5-24(20,21)14-8-6-13(7-9-14)17(10-11-22-12-17)18-15(19)23-16(2,3)4/h6-9H,5,10-12H2,1-4H3,(H,18,19). The smallest absolute Gasteiger partial charge is 0.408 e. The lowest BCUT2D eigenvalue weighted by Gasteiger charge is -2.31. The molecule has 0 aliphatic carbocycles. The topological polar surface area (TPSA) is 81.7 Å². The van der Waals surface area contributed by atoms with Crippen molar-refractivity contribution < 1.29 is 22.7 Å². The van der Waals surface area contributed by atoms with Gasteiger partial charge in [-0.25, -0.2) is 13.2 Å². The number of alkyl carbamates (subject to hydrolysis) is 1. The predicted molar refractivity (Wildman–Crippen MR) is 90.7 cm³/mol. The Morgan fingerprint density at radius 1 is 1.29 bits per heavy atom. The fraction of sp³-hybridized carbons (Fsp3) is 0.588. The number of carbonyl (C=O) groups is 1. The van der Waals surface area contributed by atoms with Gasteiger partial charge in [0, 0.05) is 13.0 Å². The zero-order chi connectivity index (χ0) is 18.0. The van der Waals surface area contributed by atoms with E-state index >= 15 is 0 Å². The van der Waals surface area contributed by atoms with Crippen LogP contribution in [0.15, 0.2) is 29.2 Å². The molecule has 1 amide bonds. The molecule has 1 aromatic carbocycles. The van der Waals surface area contributed by atoms with E-state index in [0.29, 0.717) is 19.6 Å². The third kappa shape index (κ3) is 4.27. The van der Waals surface area contributed by atoms with Gasteiger partial charge in [-0.15, -0.1) is 0 Å². The highest BCUT2D eigenvalue weighted by Gasteiger charge is 2.39. The lowest BCUT2D eigenvalue weighted by atomic mass is 9.89. The van der Waals surface area contributed by atoms with Crippen molar-refractivity contribution in [1.29, 1.82) is 0 Å². The van der Waals surface area contributed by atoms with Gasteiger partial charge in [0.2, 0.25) is 0 Å². The fourth-order valence-corrected chi connectivity index (χ4v) is 3.49. The first-order valence-electron chi connectivity index (χ1n) is 8.00. The number of nitrogens with one attached hydrogen (secondary N) is 1. The second kappa shape index (κ2) is 6.72. The SMILES string of the molecule is CCS(=O)(=O)c1ccc(C2(NC(=O)OC(C)(C)C)CCOC2)cc1. The second-order valence-electron chi connectivity index (χ2n) is 6.94. The maximum atomic E-state index is 12.2. The van der Waals surface area contributed by atoms with Gasteiger partial charge in [-0.05, 0) is 38.5 Å². The molecule has 1 aliphatic rings. The molecule has 1 heterocycles. The summed E-state index contributed by atoms with van der Waals surface area (Å²) in [6.07, 6.45) is 0.0878. The highest BCUT2D eigenvalue weighted by Crippen LogP contribution is 2.31. The van der Waals surface area contributed by atoms with Gasteiger partial charge in [0.25, 0.3) is 0 Å². The molecule has 0 saturated carbocycles. The quantitative estimate of drug-likeness (QED) is 0.898. The largest absolute Gasteiger partial charge is 0.444 e. The first kappa shape index (κ1) is 18.7. The lowest BCUT2D eigenvalue weighted by molar-refractivity contribution is 0.0437. The van der Waals surface area contributed by atoms with Crippen LogP contribution in [-0.2, 0) is 24.8 Å². The molecule has 0 aromatic heterocycles. The summed E-state index contributed by atoms with van der Waals surface area (Å²) in [7, 11) is -3.25. The number of hydrogen-bond donors (Lipinski definition) is 1. The highest BCUT2D eigenvalue weighted by molar-refractivity contribution is 7.91. The minimum absolute atomic E-state index is 0.0523. The minimum atomic E-state index is -3.25. The summed E-state index contributed by atoms with van der Waals surface area (Å²) in [6.45, 7) is 7.86. The van der Waals surface area contributed by atoms with E-state index in [4.69, 9.17) is 9.47 Å². The third-order valence-electron chi connectivity index (χ3n) is 3.91. The van der Waals surface area contributed by atoms with Crippen LogP contribution in [-0.4, -0.2) is 39.1 Å². The van der Waals surface area contributed by atoms with Crippen molar-refractivity contribution in [3.05, 3.63) is 29.8 Å². The van der Waals surface area contributed by atoms with Gasteiger partial charge in [0.1, 0.15) is 5.60 Å². The lowest BCUT2D eigenvalue weighted by Crippen LogP contribution is -2.48. The van der Waals surface area contributed by atoms with E-state index < -0.39 is 27.1 Å². The first-order chi connectivity index (χ1) is 11.1. The molecule has 1 saturated heterocycles. The summed E-state index contributed by atoms with van der Waals surface area (Å²) in [5, 5.41) is 2.90. The molecule has 1 unspecified atom stereocenters. The zero-order valence-electron chi connectivity index (χ0n) is 14.6. The van der Waals surface area contributed by atoms with E-state index in [9.17, 15) is 13.2 Å². The van der Waals surface area contributed by atoms with Crippen molar-refractivity contribution in [3.8, 4) is 0 Å². The molecule has 1 N–H and O–H groups in total. The summed E-state index contributed by atoms with van der Waals surface area (Å²) >= 11 is 0. The summed E-state index contributed by atoms with van der Waals surface area (Å²) in [5.41, 5.74) is -0.485. The van der Waals surface area contributed by atoms with Gasteiger partial charge in [0.05, 0.1) is 22.8 Å². The average Bonchev–Trinajstić information content (AvgIpc) is 2.95. The van der Waals surface area contributed by atoms with Crippen LogP contribution >= 0.6 is 0 Å². The van der Waals surface area contributed by atoms with Crippen molar-refractivity contribution in [2.45, 2.75) is 50.2 Å². The second-order valence-corrected chi connectivity index (χ2v) is 9.22. The van der Waals surface area contributed by atoms with E-state index in [-0.39, 0.29) is 10.6 Å². The summed E-state index contributed by atoms with van der Waals surface area (Å²) in [5.74, 6) is 0.0523. The number of hydrogen-bond acceptors (Lipinski definition) is 5. The molecule has 7 heteroatoms. The highest BCUT2D eigenvalue weighted by atomic mass is 32.2. The Kier molecular flexibility index (Phi) is 5.25. The summed E-state index contributed by atoms with van der Waals surface area (Å²) in [6, 6.07) is 6.61. The molecular formula is C17H25NO5S. The Balaban J connectivity index is 2.26. The van der Waals surface area contributed by atoms with Crippen molar-refractivity contribution in [3.63, 3.8) is 0 Å². The van der Waals surface area contributed by atoms with Crippen LogP contribution in [0, 0.1) is 0 Å². The molecule has 1 aliphatic heterocycles. The molecule has 134 valence electrons. The number of ether oxygens (including phenoxy) is 2. The Hall–Kier alpha value is -1.60. The van der Waals surface area contributed by atoms with Crippen molar-refractivity contribution in [2.24, 2.45) is 0 Å². The molecule has 24 heavy (non-hydrogen) atoms. The molecule has 0 spiro atoms. The number of carbonyl (C=O) groups excluding carboxylic acids is 1. The Labute approximate surface area is 143 Å². The maximum Gasteiger partial charge on any atom is 0.408 e. The average molecular weight is 355 g/mol. The van der Waals surface area contributed by atoms with Gasteiger partial charge in [-0.2, -0.15) is 0 Å². The van der Waals surface area contributed by atoms with Gasteiger partial charge in [-0.3, -0.25) is 0 Å². The molecule has 1 aromatic rings. The van der Waals surface area contributed by atoms with Crippen LogP contribution in [0.25, 0.3) is 0 Å². The van der Waals surface area contributed by atoms with Crippen LogP contribution < -0.4 is 5.32 Å². The molecule has 0 bridgehead atoms. The minimum Gasteiger partial charge on any atom is -0.444 e. The predicted octanol–water partition coefficient (Wildman–Crippen LogP) is 2.62. The van der Waals surface area contributed by atoms with E-state index in [2.05, 4.69) is 5.32 Å². The summed E-state index contributed by atoms with van der Waals surface area (Å²) in [4.78, 5) is 12.5. The van der Waals surface area contributed by atoms with Crippen LogP contribution in [0.2, 0.25) is 0 Å². The normalized spacial score (nSPS) is 21.5. The Morgan fingerprint density at radius 3 is 2.38 bits per heavy atom. The van der Waals surface area contributed by atoms with Gasteiger partial charge < -0.3 is 14.8 Å². The Morgan fingerprint density at radius 2 is 1.92 bits per heavy atom. The van der Waals surface area contributed by atoms with Crippen molar-refractivity contribution in [2.75, 3.05) is 19.0 Å². The third-order valence-corrected chi connectivity index (χ3v) is 5.66. The summed E-state index contributed by atoms with van der Waals surface area (Å²) < 4.78 is 34.7. The van der Waals surface area contributed by atoms with Gasteiger partial charge in [0.15, 0.2) is 9.84 Å². The molecule has 0 radical (unpaired) electrons. The van der Waals surface area contributed by atoms with E-state index in [1.807, 2.05) is 0 Å². The van der Waals surface area contributed by atoms with Gasteiger partial charge in [-0.1, -0.05) is 19.1 Å². The number of rotatable bonds is 4. The van der Waals surface area contributed by atoms with E-state index in [0.717, 1.165) is 5.56 Å².